The van der Waals surface area contributed by atoms with Crippen molar-refractivity contribution in [1.82, 2.24) is 4.72 Å². The van der Waals surface area contributed by atoms with Crippen LogP contribution in [0.2, 0.25) is 0 Å². The van der Waals surface area contributed by atoms with Gasteiger partial charge in [0, 0.05) is 12.2 Å². The number of carbonyl (C=O) groups excluding carboxylic acids is 2. The number of esters is 1. The molecule has 168 valence electrons. The molecule has 1 amide bonds. The Morgan fingerprint density at radius 3 is 2.26 bits per heavy atom. The number of carbonyl (C=O) groups is 2. The highest BCUT2D eigenvalue weighted by Gasteiger charge is 2.30. The predicted molar refractivity (Wildman–Crippen MR) is 107 cm³/mol. The fourth-order valence-corrected chi connectivity index (χ4v) is 3.59. The van der Waals surface area contributed by atoms with Crippen molar-refractivity contribution < 1.29 is 35.9 Å². The Balaban J connectivity index is 2.10. The number of alkyl halides is 3. The van der Waals surface area contributed by atoms with Crippen molar-refractivity contribution >= 4 is 27.6 Å². The molecule has 7 nitrogen and oxygen atoms in total. The van der Waals surface area contributed by atoms with E-state index in [1.165, 1.54) is 19.1 Å². The fourth-order valence-electron chi connectivity index (χ4n) is 2.53. The normalized spacial score (nSPS) is 12.8. The summed E-state index contributed by atoms with van der Waals surface area (Å²) in [7, 11) is -3.80. The Bertz CT molecular complexity index is 1070. The zero-order valence-corrected chi connectivity index (χ0v) is 17.7. The number of benzene rings is 2. The van der Waals surface area contributed by atoms with Gasteiger partial charge in [-0.3, -0.25) is 4.79 Å². The van der Waals surface area contributed by atoms with Gasteiger partial charge in [-0.05, 0) is 55.8 Å². The molecule has 1 unspecified atom stereocenters. The van der Waals surface area contributed by atoms with Crippen LogP contribution in [-0.4, -0.2) is 32.9 Å². The van der Waals surface area contributed by atoms with Gasteiger partial charge in [-0.1, -0.05) is 13.0 Å². The maximum absolute atomic E-state index is 12.6. The van der Waals surface area contributed by atoms with Crippen LogP contribution < -0.4 is 10.0 Å². The zero-order chi connectivity index (χ0) is 23.4. The number of aryl methyl sites for hydroxylation is 1. The average Bonchev–Trinajstić information content (AvgIpc) is 2.67. The van der Waals surface area contributed by atoms with Gasteiger partial charge in [-0.15, -0.1) is 0 Å². The summed E-state index contributed by atoms with van der Waals surface area (Å²) in [5.74, 6) is -1.68. The molecule has 11 heteroatoms. The molecule has 2 aromatic rings. The fraction of sp³-hybridized carbons (Fsp3) is 0.300. The van der Waals surface area contributed by atoms with Crippen molar-refractivity contribution in [2.24, 2.45) is 0 Å². The van der Waals surface area contributed by atoms with Crippen LogP contribution in [0.25, 0.3) is 0 Å². The van der Waals surface area contributed by atoms with E-state index in [1.54, 1.807) is 13.8 Å². The van der Waals surface area contributed by atoms with Gasteiger partial charge < -0.3 is 10.1 Å². The van der Waals surface area contributed by atoms with Crippen LogP contribution in [0.3, 0.4) is 0 Å². The van der Waals surface area contributed by atoms with Gasteiger partial charge in [-0.2, -0.15) is 13.2 Å². The number of anilines is 1. The molecule has 1 atom stereocenters. The minimum atomic E-state index is -4.50. The summed E-state index contributed by atoms with van der Waals surface area (Å²) in [5, 5.41) is 2.35. The Kier molecular flexibility index (Phi) is 7.45. The number of hydrogen-bond donors (Lipinski definition) is 2. The molecule has 0 spiro atoms. The SMILES string of the molecule is CCNS(=O)(=O)c1ccc(C)c(C(=O)OC(C)C(=O)Nc2ccc(C(F)(F)F)cc2)c1. The number of nitrogens with one attached hydrogen (secondary N) is 2. The van der Waals surface area contributed by atoms with Crippen molar-refractivity contribution in [2.75, 3.05) is 11.9 Å². The lowest BCUT2D eigenvalue weighted by molar-refractivity contribution is -0.137. The molecule has 0 radical (unpaired) electrons. The lowest BCUT2D eigenvalue weighted by Crippen LogP contribution is -2.30. The predicted octanol–water partition coefficient (Wildman–Crippen LogP) is 3.50. The highest BCUT2D eigenvalue weighted by Crippen LogP contribution is 2.29. The van der Waals surface area contributed by atoms with Crippen molar-refractivity contribution in [1.29, 1.82) is 0 Å². The van der Waals surface area contributed by atoms with Gasteiger partial charge >= 0.3 is 12.1 Å². The first-order valence-corrected chi connectivity index (χ1v) is 10.6. The van der Waals surface area contributed by atoms with E-state index in [-0.39, 0.29) is 22.7 Å². The Hall–Kier alpha value is -2.92. The van der Waals surface area contributed by atoms with E-state index in [2.05, 4.69) is 10.0 Å². The van der Waals surface area contributed by atoms with Crippen molar-refractivity contribution in [2.45, 2.75) is 37.9 Å². The first-order chi connectivity index (χ1) is 14.3. The van der Waals surface area contributed by atoms with Crippen LogP contribution in [0.5, 0.6) is 0 Å². The number of ether oxygens (including phenoxy) is 1. The van der Waals surface area contributed by atoms with E-state index in [1.807, 2.05) is 0 Å². The molecular weight excluding hydrogens is 437 g/mol. The third-order valence-electron chi connectivity index (χ3n) is 4.21. The summed E-state index contributed by atoms with van der Waals surface area (Å²) in [5.41, 5.74) is -0.368. The molecule has 0 saturated carbocycles. The van der Waals surface area contributed by atoms with Gasteiger partial charge in [0.2, 0.25) is 10.0 Å². The van der Waals surface area contributed by atoms with Gasteiger partial charge in [0.25, 0.3) is 5.91 Å². The Morgan fingerprint density at radius 2 is 1.71 bits per heavy atom. The van der Waals surface area contributed by atoms with E-state index >= 15 is 0 Å². The third kappa shape index (κ3) is 6.28. The summed E-state index contributed by atoms with van der Waals surface area (Å²) in [6.07, 6.45) is -5.79. The maximum Gasteiger partial charge on any atom is 0.416 e. The van der Waals surface area contributed by atoms with Crippen molar-refractivity contribution in [3.63, 3.8) is 0 Å². The first kappa shape index (κ1) is 24.4. The number of rotatable bonds is 7. The second kappa shape index (κ2) is 9.48. The number of halogens is 3. The molecule has 2 rings (SSSR count). The second-order valence-electron chi connectivity index (χ2n) is 6.59. The number of amides is 1. The molecule has 31 heavy (non-hydrogen) atoms. The third-order valence-corrected chi connectivity index (χ3v) is 5.75. The summed E-state index contributed by atoms with van der Waals surface area (Å²) in [6.45, 7) is 4.63. The summed E-state index contributed by atoms with van der Waals surface area (Å²) in [6, 6.07) is 7.70. The summed E-state index contributed by atoms with van der Waals surface area (Å²) < 4.78 is 69.5. The van der Waals surface area contributed by atoms with Crippen molar-refractivity contribution in [3.8, 4) is 0 Å². The van der Waals surface area contributed by atoms with Gasteiger partial charge in [0.1, 0.15) is 0 Å². The average molecular weight is 458 g/mol. The van der Waals surface area contributed by atoms with Gasteiger partial charge in [-0.25, -0.2) is 17.9 Å². The molecule has 0 heterocycles. The number of sulfonamides is 1. The van der Waals surface area contributed by atoms with Crippen molar-refractivity contribution in [3.05, 3.63) is 59.2 Å². The largest absolute Gasteiger partial charge is 0.449 e. The van der Waals surface area contributed by atoms with E-state index in [0.717, 1.165) is 30.3 Å². The van der Waals surface area contributed by atoms with Crippen LogP contribution in [0, 0.1) is 6.92 Å². The molecule has 0 saturated heterocycles. The monoisotopic (exact) mass is 458 g/mol. The molecule has 0 aliphatic heterocycles. The highest BCUT2D eigenvalue weighted by atomic mass is 32.2. The molecule has 2 N–H and O–H groups in total. The van der Waals surface area contributed by atoms with E-state index in [0.29, 0.717) is 5.56 Å². The summed E-state index contributed by atoms with van der Waals surface area (Å²) in [4.78, 5) is 24.6. The topological polar surface area (TPSA) is 102 Å². The molecule has 0 aliphatic rings. The van der Waals surface area contributed by atoms with Crippen LogP contribution in [0.1, 0.15) is 35.3 Å². The molecular formula is C20H21F3N2O5S. The molecule has 0 aromatic heterocycles. The highest BCUT2D eigenvalue weighted by molar-refractivity contribution is 7.89. The van der Waals surface area contributed by atoms with Crippen LogP contribution >= 0.6 is 0 Å². The van der Waals surface area contributed by atoms with Crippen LogP contribution in [-0.2, 0) is 25.7 Å². The van der Waals surface area contributed by atoms with E-state index in [9.17, 15) is 31.2 Å². The Labute approximate surface area is 177 Å². The minimum Gasteiger partial charge on any atom is -0.449 e. The lowest BCUT2D eigenvalue weighted by atomic mass is 10.1. The lowest BCUT2D eigenvalue weighted by Gasteiger charge is -2.15. The zero-order valence-electron chi connectivity index (χ0n) is 16.9. The van der Waals surface area contributed by atoms with Gasteiger partial charge in [0.05, 0.1) is 16.0 Å². The second-order valence-corrected chi connectivity index (χ2v) is 8.36. The molecule has 2 aromatic carbocycles. The first-order valence-electron chi connectivity index (χ1n) is 9.14. The number of hydrogen-bond acceptors (Lipinski definition) is 5. The van der Waals surface area contributed by atoms with E-state index in [4.69, 9.17) is 4.74 Å². The van der Waals surface area contributed by atoms with Gasteiger partial charge in [0.15, 0.2) is 6.10 Å². The maximum atomic E-state index is 12.6. The minimum absolute atomic E-state index is 0.0341. The molecule has 0 aliphatic carbocycles. The van der Waals surface area contributed by atoms with Crippen LogP contribution in [0.15, 0.2) is 47.4 Å². The smallest absolute Gasteiger partial charge is 0.416 e. The Morgan fingerprint density at radius 1 is 1.10 bits per heavy atom. The molecule has 0 bridgehead atoms. The van der Waals surface area contributed by atoms with Crippen LogP contribution in [0.4, 0.5) is 18.9 Å². The molecule has 0 fully saturated rings. The van der Waals surface area contributed by atoms with E-state index < -0.39 is 39.7 Å². The standard InChI is InChI=1S/C20H21F3N2O5S/c1-4-24-31(28,29)16-10-5-12(2)17(11-16)19(27)30-13(3)18(26)25-15-8-6-14(7-9-15)20(21,22)23/h5-11,13,24H,4H2,1-3H3,(H,25,26). The quantitative estimate of drug-likeness (QED) is 0.619. The summed E-state index contributed by atoms with van der Waals surface area (Å²) >= 11 is 0.